The number of hydrogen-bond donors (Lipinski definition) is 2. The quantitative estimate of drug-likeness (QED) is 0.464. The standard InChI is InChI=1S/C30H36O7/c1-17-11-23-28(34,26(17)33)15-21(16-36-19(3)31)12-22-25-27(4,5)29(25,14-18(2)30(22,23)35)37-24(32)13-20-9-7-6-8-10-20/h6-12,18,22-23,25,34-35H,13-16H2,1-5H3/t18?,22-,23+,25+,28+,29-,30+/m0/s1. The lowest BCUT2D eigenvalue weighted by atomic mass is 9.60. The van der Waals surface area contributed by atoms with Gasteiger partial charge in [0.25, 0.3) is 0 Å². The zero-order chi connectivity index (χ0) is 27.0. The average Bonchev–Trinajstić information content (AvgIpc) is 3.22. The van der Waals surface area contributed by atoms with Gasteiger partial charge in [0.1, 0.15) is 17.8 Å². The van der Waals surface area contributed by atoms with Crippen molar-refractivity contribution in [2.24, 2.45) is 29.1 Å². The lowest BCUT2D eigenvalue weighted by Gasteiger charge is -2.50. The minimum Gasteiger partial charge on any atom is -0.461 e. The Kier molecular flexibility index (Phi) is 5.85. The maximum Gasteiger partial charge on any atom is 0.310 e. The monoisotopic (exact) mass is 508 g/mol. The van der Waals surface area contributed by atoms with E-state index in [0.29, 0.717) is 17.6 Å². The van der Waals surface area contributed by atoms with Gasteiger partial charge in [0, 0.05) is 36.5 Å². The summed E-state index contributed by atoms with van der Waals surface area (Å²) in [5.74, 6) is -3.17. The molecule has 198 valence electrons. The number of aliphatic hydroxyl groups is 2. The van der Waals surface area contributed by atoms with E-state index < -0.39 is 51.7 Å². The molecule has 7 atom stereocenters. The second kappa shape index (κ2) is 8.37. The molecule has 1 aromatic carbocycles. The fraction of sp³-hybridized carbons (Fsp3) is 0.567. The number of ketones is 1. The molecule has 0 spiro atoms. The molecule has 2 saturated carbocycles. The van der Waals surface area contributed by atoms with Crippen molar-refractivity contribution >= 4 is 17.7 Å². The Hall–Kier alpha value is -2.77. The molecular weight excluding hydrogens is 472 g/mol. The van der Waals surface area contributed by atoms with Gasteiger partial charge >= 0.3 is 11.9 Å². The molecule has 2 N–H and O–H groups in total. The Labute approximate surface area is 217 Å². The highest BCUT2D eigenvalue weighted by molar-refractivity contribution is 6.04. The summed E-state index contributed by atoms with van der Waals surface area (Å²) >= 11 is 0. The molecule has 5 rings (SSSR count). The van der Waals surface area contributed by atoms with Crippen molar-refractivity contribution in [1.82, 2.24) is 0 Å². The van der Waals surface area contributed by atoms with Crippen molar-refractivity contribution < 1.29 is 34.1 Å². The van der Waals surface area contributed by atoms with Crippen LogP contribution >= 0.6 is 0 Å². The highest BCUT2D eigenvalue weighted by atomic mass is 16.6. The third-order valence-electron chi connectivity index (χ3n) is 9.62. The Balaban J connectivity index is 1.54. The highest BCUT2D eigenvalue weighted by Crippen LogP contribution is 2.76. The number of benzene rings is 1. The summed E-state index contributed by atoms with van der Waals surface area (Å²) in [7, 11) is 0. The van der Waals surface area contributed by atoms with E-state index in [0.717, 1.165) is 5.56 Å². The number of Topliss-reactive ketones (excluding diaryl/α,β-unsaturated/α-hetero) is 1. The fourth-order valence-corrected chi connectivity index (χ4v) is 7.78. The number of carbonyl (C=O) groups excluding carboxylic acids is 3. The van der Waals surface area contributed by atoms with E-state index in [1.165, 1.54) is 6.92 Å². The first-order valence-corrected chi connectivity index (χ1v) is 13.0. The molecule has 0 amide bonds. The molecule has 1 unspecified atom stereocenters. The van der Waals surface area contributed by atoms with Crippen LogP contribution in [0.4, 0.5) is 0 Å². The van der Waals surface area contributed by atoms with Gasteiger partial charge in [-0.25, -0.2) is 0 Å². The van der Waals surface area contributed by atoms with E-state index in [2.05, 4.69) is 0 Å². The van der Waals surface area contributed by atoms with Crippen LogP contribution in [0.2, 0.25) is 0 Å². The van der Waals surface area contributed by atoms with Crippen molar-refractivity contribution in [3.8, 4) is 0 Å². The van der Waals surface area contributed by atoms with Gasteiger partial charge in [-0.2, -0.15) is 0 Å². The predicted molar refractivity (Wildman–Crippen MR) is 135 cm³/mol. The number of carbonyl (C=O) groups is 3. The van der Waals surface area contributed by atoms with E-state index in [4.69, 9.17) is 9.47 Å². The molecular formula is C30H36O7. The van der Waals surface area contributed by atoms with E-state index in [1.54, 1.807) is 13.0 Å². The first kappa shape index (κ1) is 25.9. The third kappa shape index (κ3) is 3.65. The highest BCUT2D eigenvalue weighted by Gasteiger charge is 2.83. The number of ether oxygens (including phenoxy) is 2. The van der Waals surface area contributed by atoms with Crippen LogP contribution in [0.15, 0.2) is 53.6 Å². The van der Waals surface area contributed by atoms with Gasteiger partial charge in [0.05, 0.1) is 12.0 Å². The summed E-state index contributed by atoms with van der Waals surface area (Å²) in [5, 5.41) is 24.2. The normalized spacial score (nSPS) is 39.3. The molecule has 2 fully saturated rings. The zero-order valence-corrected chi connectivity index (χ0v) is 22.1. The second-order valence-corrected chi connectivity index (χ2v) is 12.1. The molecule has 7 heteroatoms. The van der Waals surface area contributed by atoms with Crippen LogP contribution < -0.4 is 0 Å². The van der Waals surface area contributed by atoms with Gasteiger partial charge in [-0.1, -0.05) is 63.3 Å². The van der Waals surface area contributed by atoms with Crippen LogP contribution in [0, 0.1) is 29.1 Å². The molecule has 37 heavy (non-hydrogen) atoms. The van der Waals surface area contributed by atoms with Crippen LogP contribution in [0.25, 0.3) is 0 Å². The Morgan fingerprint density at radius 1 is 1.11 bits per heavy atom. The molecule has 4 aliphatic rings. The SMILES string of the molecule is CC(=O)OCC1=C[C@H]2[C@@H]3C(C)(C)[C@]3(OC(=O)Cc3ccccc3)CC(C)[C@]2(O)[C@@H]2C=C(C)C(=O)[C@@]2(O)C1. The fourth-order valence-electron chi connectivity index (χ4n) is 7.78. The topological polar surface area (TPSA) is 110 Å². The zero-order valence-electron chi connectivity index (χ0n) is 22.1. The van der Waals surface area contributed by atoms with E-state index >= 15 is 0 Å². The summed E-state index contributed by atoms with van der Waals surface area (Å²) in [6, 6.07) is 9.44. The number of esters is 2. The first-order chi connectivity index (χ1) is 17.3. The molecule has 4 aliphatic carbocycles. The molecule has 0 radical (unpaired) electrons. The van der Waals surface area contributed by atoms with Gasteiger partial charge in [-0.05, 0) is 36.0 Å². The molecule has 0 bridgehead atoms. The Morgan fingerprint density at radius 2 is 1.78 bits per heavy atom. The van der Waals surface area contributed by atoms with Crippen LogP contribution in [0.5, 0.6) is 0 Å². The minimum absolute atomic E-state index is 0.0307. The second-order valence-electron chi connectivity index (χ2n) is 12.1. The molecule has 0 aromatic heterocycles. The minimum atomic E-state index is -1.82. The van der Waals surface area contributed by atoms with Gasteiger partial charge < -0.3 is 19.7 Å². The van der Waals surface area contributed by atoms with Gasteiger partial charge in [0.15, 0.2) is 5.78 Å². The van der Waals surface area contributed by atoms with Crippen molar-refractivity contribution in [2.75, 3.05) is 6.61 Å². The molecule has 0 heterocycles. The smallest absolute Gasteiger partial charge is 0.310 e. The van der Waals surface area contributed by atoms with Crippen molar-refractivity contribution in [3.05, 3.63) is 59.2 Å². The third-order valence-corrected chi connectivity index (χ3v) is 9.62. The van der Waals surface area contributed by atoms with Crippen molar-refractivity contribution in [1.29, 1.82) is 0 Å². The van der Waals surface area contributed by atoms with Crippen LogP contribution in [-0.4, -0.2) is 51.3 Å². The molecule has 0 aliphatic heterocycles. The van der Waals surface area contributed by atoms with E-state index in [9.17, 15) is 24.6 Å². The Bertz CT molecular complexity index is 1210. The molecule has 0 saturated heterocycles. The first-order valence-electron chi connectivity index (χ1n) is 13.0. The summed E-state index contributed by atoms with van der Waals surface area (Å²) in [5.41, 5.74) is -2.64. The van der Waals surface area contributed by atoms with Gasteiger partial charge in [-0.15, -0.1) is 0 Å². The van der Waals surface area contributed by atoms with E-state index in [1.807, 2.05) is 57.2 Å². The van der Waals surface area contributed by atoms with Crippen LogP contribution in [0.3, 0.4) is 0 Å². The maximum absolute atomic E-state index is 13.2. The number of hydrogen-bond acceptors (Lipinski definition) is 7. The maximum atomic E-state index is 13.2. The van der Waals surface area contributed by atoms with Gasteiger partial charge in [0.2, 0.25) is 0 Å². The average molecular weight is 509 g/mol. The summed E-state index contributed by atoms with van der Waals surface area (Å²) < 4.78 is 11.6. The number of fused-ring (bicyclic) bond motifs is 5. The lowest BCUT2D eigenvalue weighted by Crippen LogP contribution is -2.61. The summed E-state index contributed by atoms with van der Waals surface area (Å²) in [6.07, 6.45) is 4.12. The predicted octanol–water partition coefficient (Wildman–Crippen LogP) is 3.32. The van der Waals surface area contributed by atoms with Crippen LogP contribution in [-0.2, 0) is 30.3 Å². The van der Waals surface area contributed by atoms with Gasteiger partial charge in [-0.3, -0.25) is 14.4 Å². The van der Waals surface area contributed by atoms with E-state index in [-0.39, 0.29) is 31.3 Å². The van der Waals surface area contributed by atoms with Crippen molar-refractivity contribution in [3.63, 3.8) is 0 Å². The van der Waals surface area contributed by atoms with Crippen LogP contribution in [0.1, 0.15) is 53.0 Å². The Morgan fingerprint density at radius 3 is 2.43 bits per heavy atom. The van der Waals surface area contributed by atoms with Crippen molar-refractivity contribution in [2.45, 2.75) is 70.7 Å². The lowest BCUT2D eigenvalue weighted by molar-refractivity contribution is -0.186. The summed E-state index contributed by atoms with van der Waals surface area (Å²) in [6.45, 7) is 8.88. The molecule has 1 aromatic rings. The largest absolute Gasteiger partial charge is 0.461 e. The number of rotatable bonds is 5. The molecule has 7 nitrogen and oxygen atoms in total. The summed E-state index contributed by atoms with van der Waals surface area (Å²) in [4.78, 5) is 37.9.